The van der Waals surface area contributed by atoms with Gasteiger partial charge in [0.2, 0.25) is 6.29 Å². The van der Waals surface area contributed by atoms with Crippen LogP contribution in [0.3, 0.4) is 0 Å². The van der Waals surface area contributed by atoms with Crippen molar-refractivity contribution in [3.05, 3.63) is 28.8 Å². The largest absolute Gasteiger partial charge is 0.504 e. The second-order valence-corrected chi connectivity index (χ2v) is 9.56. The minimum atomic E-state index is -4.87. The van der Waals surface area contributed by atoms with Crippen LogP contribution in [0.4, 0.5) is 0 Å². The highest BCUT2D eigenvalue weighted by Gasteiger charge is 2.46. The van der Waals surface area contributed by atoms with Gasteiger partial charge in [0, 0.05) is 29.0 Å². The molecule has 0 saturated carbocycles. The van der Waals surface area contributed by atoms with Gasteiger partial charge in [-0.25, -0.2) is 4.18 Å². The van der Waals surface area contributed by atoms with E-state index < -0.39 is 53.6 Å². The van der Waals surface area contributed by atoms with Crippen molar-refractivity contribution in [2.45, 2.75) is 57.1 Å². The van der Waals surface area contributed by atoms with Crippen LogP contribution in [0.15, 0.2) is 12.1 Å². The molecule has 2 aliphatic rings. The maximum Gasteiger partial charge on any atom is 0.397 e. The summed E-state index contributed by atoms with van der Waals surface area (Å²) in [5.41, 5.74) is 1.70. The molecule has 34 heavy (non-hydrogen) atoms. The summed E-state index contributed by atoms with van der Waals surface area (Å²) in [6, 6.07) is 3.65. The number of hydrogen-bond donors (Lipinski definition) is 6. The van der Waals surface area contributed by atoms with Crippen LogP contribution in [0.2, 0.25) is 0 Å². The fraction of sp³-hybridized carbons (Fsp3) is 0.524. The first-order valence-corrected chi connectivity index (χ1v) is 11.8. The Labute approximate surface area is 194 Å². The molecule has 12 nitrogen and oxygen atoms in total. The van der Waals surface area contributed by atoms with E-state index in [-0.39, 0.29) is 24.7 Å². The highest BCUT2D eigenvalue weighted by Crippen LogP contribution is 2.50. The zero-order valence-corrected chi connectivity index (χ0v) is 19.1. The average molecular weight is 502 g/mol. The first kappa shape index (κ1) is 24.9. The molecule has 188 valence electrons. The van der Waals surface area contributed by atoms with Crippen LogP contribution in [0.25, 0.3) is 10.8 Å². The van der Waals surface area contributed by atoms with Crippen molar-refractivity contribution in [3.8, 4) is 17.2 Å². The molecule has 2 aromatic carbocycles. The summed E-state index contributed by atoms with van der Waals surface area (Å²) >= 11 is 0. The standard InChI is InChI=1S/C21H26O12S/c1-8-3-10-14(9(2)5-22)17(24)20(11-6-30-12(4-8)15(10)11)33-21-19(26)18(25)16(23)13(32-21)7-31-34(27,28)29/h3-4,9,13,16,18-19,21-26H,5-7H2,1-2H3,(H,27,28,29)/t9?,13-,16-,18+,19-,21+/m1/s1. The number of phenols is 1. The molecule has 6 N–H and O–H groups in total. The Morgan fingerprint density at radius 1 is 1.18 bits per heavy atom. The molecule has 0 radical (unpaired) electrons. The molecular weight excluding hydrogens is 476 g/mol. The third kappa shape index (κ3) is 4.41. The molecule has 0 bridgehead atoms. The Balaban J connectivity index is 1.76. The topological polar surface area (TPSA) is 192 Å². The Bertz CT molecular complexity index is 1200. The molecule has 6 atom stereocenters. The van der Waals surface area contributed by atoms with Crippen molar-refractivity contribution in [2.24, 2.45) is 0 Å². The molecule has 0 aliphatic carbocycles. The monoisotopic (exact) mass is 502 g/mol. The number of hydrogen-bond acceptors (Lipinski definition) is 11. The lowest BCUT2D eigenvalue weighted by atomic mass is 9.90. The number of aryl methyl sites for hydroxylation is 1. The second-order valence-electron chi connectivity index (χ2n) is 8.47. The van der Waals surface area contributed by atoms with E-state index in [1.807, 2.05) is 19.1 Å². The van der Waals surface area contributed by atoms with Crippen LogP contribution in [0.5, 0.6) is 17.2 Å². The van der Waals surface area contributed by atoms with Gasteiger partial charge < -0.3 is 39.7 Å². The van der Waals surface area contributed by atoms with E-state index in [2.05, 4.69) is 4.18 Å². The van der Waals surface area contributed by atoms with Crippen LogP contribution in [-0.2, 0) is 25.9 Å². The lowest BCUT2D eigenvalue weighted by Crippen LogP contribution is -2.60. The molecule has 0 aromatic heterocycles. The van der Waals surface area contributed by atoms with Crippen LogP contribution in [-0.4, -0.2) is 82.4 Å². The smallest absolute Gasteiger partial charge is 0.397 e. The number of rotatable bonds is 7. The maximum atomic E-state index is 11.1. The van der Waals surface area contributed by atoms with Crippen LogP contribution < -0.4 is 9.47 Å². The summed E-state index contributed by atoms with van der Waals surface area (Å²) in [4.78, 5) is 0. The van der Waals surface area contributed by atoms with Crippen molar-refractivity contribution in [3.63, 3.8) is 0 Å². The number of aliphatic hydroxyl groups is 4. The summed E-state index contributed by atoms with van der Waals surface area (Å²) in [5.74, 6) is -0.408. The zero-order chi connectivity index (χ0) is 24.9. The SMILES string of the molecule is Cc1cc2c3c(c(O[C@@H]4O[C@H](COS(=O)(=O)O)[C@@H](O)[C@H](O)[C@H]4O)c(O)c(C(C)CO)c3c1)CO2. The van der Waals surface area contributed by atoms with Gasteiger partial charge in [-0.3, -0.25) is 4.55 Å². The van der Waals surface area contributed by atoms with E-state index in [0.29, 0.717) is 27.6 Å². The van der Waals surface area contributed by atoms with Crippen molar-refractivity contribution >= 4 is 21.2 Å². The maximum absolute atomic E-state index is 11.1. The predicted molar refractivity (Wildman–Crippen MR) is 115 cm³/mol. The van der Waals surface area contributed by atoms with Crippen molar-refractivity contribution in [1.82, 2.24) is 0 Å². The number of aliphatic hydroxyl groups excluding tert-OH is 4. The van der Waals surface area contributed by atoms with E-state index in [0.717, 1.165) is 5.56 Å². The summed E-state index contributed by atoms with van der Waals surface area (Å²) in [5, 5.41) is 53.0. The molecule has 0 spiro atoms. The number of phenolic OH excluding ortho intramolecular Hbond substituents is 1. The molecule has 4 rings (SSSR count). The normalized spacial score (nSPS) is 27.6. The Morgan fingerprint density at radius 2 is 1.88 bits per heavy atom. The Morgan fingerprint density at radius 3 is 2.53 bits per heavy atom. The number of ether oxygens (including phenoxy) is 3. The highest BCUT2D eigenvalue weighted by atomic mass is 32.3. The van der Waals surface area contributed by atoms with E-state index >= 15 is 0 Å². The number of benzene rings is 2. The lowest BCUT2D eigenvalue weighted by Gasteiger charge is -2.40. The number of aromatic hydroxyl groups is 1. The molecule has 13 heteroatoms. The van der Waals surface area contributed by atoms with Crippen LogP contribution in [0.1, 0.15) is 29.5 Å². The molecule has 1 saturated heterocycles. The van der Waals surface area contributed by atoms with Gasteiger partial charge in [0.05, 0.1) is 6.61 Å². The van der Waals surface area contributed by atoms with Gasteiger partial charge in [-0.05, 0) is 23.9 Å². The Kier molecular flexibility index (Phi) is 6.65. The van der Waals surface area contributed by atoms with Gasteiger partial charge in [0.1, 0.15) is 36.8 Å². The second kappa shape index (κ2) is 9.09. The predicted octanol–water partition coefficient (Wildman–Crippen LogP) is -0.152. The van der Waals surface area contributed by atoms with Crippen molar-refractivity contribution < 1.29 is 56.9 Å². The van der Waals surface area contributed by atoms with Crippen molar-refractivity contribution in [2.75, 3.05) is 13.2 Å². The van der Waals surface area contributed by atoms with Gasteiger partial charge in [-0.15, -0.1) is 0 Å². The van der Waals surface area contributed by atoms with Gasteiger partial charge >= 0.3 is 10.4 Å². The molecule has 0 amide bonds. The van der Waals surface area contributed by atoms with Crippen molar-refractivity contribution in [1.29, 1.82) is 0 Å². The molecule has 2 aromatic rings. The summed E-state index contributed by atoms with van der Waals surface area (Å²) in [6.07, 6.45) is -8.56. The molecule has 2 heterocycles. The summed E-state index contributed by atoms with van der Waals surface area (Å²) < 4.78 is 51.8. The van der Waals surface area contributed by atoms with E-state index in [4.69, 9.17) is 18.8 Å². The fourth-order valence-corrected chi connectivity index (χ4v) is 4.63. The zero-order valence-electron chi connectivity index (χ0n) is 18.3. The molecular formula is C21H26O12S. The average Bonchev–Trinajstić information content (AvgIpc) is 3.18. The first-order chi connectivity index (χ1) is 15.9. The third-order valence-corrected chi connectivity index (χ3v) is 6.44. The van der Waals surface area contributed by atoms with Gasteiger partial charge in [-0.1, -0.05) is 13.0 Å². The van der Waals surface area contributed by atoms with E-state index in [1.54, 1.807) is 6.92 Å². The minimum Gasteiger partial charge on any atom is -0.504 e. The van der Waals surface area contributed by atoms with E-state index in [9.17, 15) is 34.0 Å². The van der Waals surface area contributed by atoms with Gasteiger partial charge in [-0.2, -0.15) is 8.42 Å². The molecule has 1 fully saturated rings. The molecule has 2 aliphatic heterocycles. The fourth-order valence-electron chi connectivity index (χ4n) is 4.32. The third-order valence-electron chi connectivity index (χ3n) is 6.01. The quantitative estimate of drug-likeness (QED) is 0.275. The first-order valence-electron chi connectivity index (χ1n) is 10.5. The Hall–Kier alpha value is -2.23. The minimum absolute atomic E-state index is 0.0231. The van der Waals surface area contributed by atoms with E-state index in [1.165, 1.54) is 0 Å². The van der Waals surface area contributed by atoms with Crippen LogP contribution in [0, 0.1) is 6.92 Å². The summed E-state index contributed by atoms with van der Waals surface area (Å²) in [7, 11) is -4.87. The van der Waals surface area contributed by atoms with Gasteiger partial charge in [0.25, 0.3) is 0 Å². The highest BCUT2D eigenvalue weighted by molar-refractivity contribution is 7.80. The lowest BCUT2D eigenvalue weighted by molar-refractivity contribution is -0.276. The summed E-state index contributed by atoms with van der Waals surface area (Å²) in [6.45, 7) is 2.43. The van der Waals surface area contributed by atoms with Crippen LogP contribution >= 0.6 is 0 Å². The molecule has 1 unspecified atom stereocenters. The van der Waals surface area contributed by atoms with Gasteiger partial charge in [0.15, 0.2) is 11.5 Å².